The molecule has 0 aromatic heterocycles. The third-order valence-corrected chi connectivity index (χ3v) is 2.50. The first-order chi connectivity index (χ1) is 5.83. The summed E-state index contributed by atoms with van der Waals surface area (Å²) < 4.78 is 1.13. The zero-order chi connectivity index (χ0) is 8.81. The van der Waals surface area contributed by atoms with Gasteiger partial charge in [-0.05, 0) is 24.0 Å². The number of rotatable bonds is 3. The van der Waals surface area contributed by atoms with Crippen LogP contribution in [0.3, 0.4) is 0 Å². The van der Waals surface area contributed by atoms with Crippen molar-refractivity contribution >= 4 is 33.8 Å². The fraction of sp³-hybridized carbons (Fsp3) is 0.200. The van der Waals surface area contributed by atoms with Crippen molar-refractivity contribution in [1.29, 1.82) is 0 Å². The lowest BCUT2D eigenvalue weighted by atomic mass is 10.2. The van der Waals surface area contributed by atoms with E-state index in [9.17, 15) is 0 Å². The molecule has 0 saturated heterocycles. The van der Waals surface area contributed by atoms with E-state index in [0.29, 0.717) is 0 Å². The fourth-order valence-electron chi connectivity index (χ4n) is 0.854. The number of thioether (sulfide) groups is 1. The third-order valence-electron chi connectivity index (χ3n) is 1.44. The summed E-state index contributed by atoms with van der Waals surface area (Å²) in [5.74, 6) is 1.08. The molecule has 0 fully saturated rings. The fourth-order valence-corrected chi connectivity index (χ4v) is 1.41. The minimum absolute atomic E-state index is 1.08. The molecule has 0 heterocycles. The number of hydrogen-bond acceptors (Lipinski definition) is 1. The molecule has 1 rings (SSSR count). The number of benzene rings is 1. The Hall–Kier alpha value is -0.210. The van der Waals surface area contributed by atoms with E-state index < -0.39 is 0 Å². The van der Waals surface area contributed by atoms with Crippen molar-refractivity contribution in [2.45, 2.75) is 0 Å². The lowest BCUT2D eigenvalue weighted by Crippen LogP contribution is -1.71. The quantitative estimate of drug-likeness (QED) is 0.777. The Kier molecular flexibility index (Phi) is 4.48. The van der Waals surface area contributed by atoms with Gasteiger partial charge >= 0.3 is 0 Å². The van der Waals surface area contributed by atoms with Gasteiger partial charge in [0.15, 0.2) is 0 Å². The molecule has 0 aliphatic rings. The Bertz CT molecular complexity index is 251. The molecule has 0 saturated carbocycles. The summed E-state index contributed by atoms with van der Waals surface area (Å²) in [5, 5.41) is 0. The maximum atomic E-state index is 3.40. The van der Waals surface area contributed by atoms with Crippen LogP contribution in [0.25, 0.3) is 6.08 Å². The van der Waals surface area contributed by atoms with Crippen LogP contribution in [0.2, 0.25) is 0 Å². The minimum Gasteiger partial charge on any atom is -0.161 e. The van der Waals surface area contributed by atoms with Crippen LogP contribution in [-0.4, -0.2) is 12.0 Å². The SMILES string of the molecule is CSC/C=C/c1ccc(Br)cc1. The molecular weight excluding hydrogens is 232 g/mol. The van der Waals surface area contributed by atoms with Gasteiger partial charge in [-0.2, -0.15) is 11.8 Å². The second-order valence-corrected chi connectivity index (χ2v) is 4.24. The van der Waals surface area contributed by atoms with Gasteiger partial charge in [-0.25, -0.2) is 0 Å². The largest absolute Gasteiger partial charge is 0.161 e. The van der Waals surface area contributed by atoms with Crippen molar-refractivity contribution in [2.24, 2.45) is 0 Å². The summed E-state index contributed by atoms with van der Waals surface area (Å²) in [5.41, 5.74) is 1.26. The van der Waals surface area contributed by atoms with E-state index in [0.717, 1.165) is 10.2 Å². The van der Waals surface area contributed by atoms with Crippen molar-refractivity contribution in [3.05, 3.63) is 40.4 Å². The van der Waals surface area contributed by atoms with E-state index in [2.05, 4.69) is 58.6 Å². The molecule has 64 valence electrons. The van der Waals surface area contributed by atoms with Gasteiger partial charge < -0.3 is 0 Å². The molecule has 0 unspecified atom stereocenters. The van der Waals surface area contributed by atoms with E-state index in [1.54, 1.807) is 0 Å². The monoisotopic (exact) mass is 242 g/mol. The molecule has 2 heteroatoms. The first kappa shape index (κ1) is 9.87. The van der Waals surface area contributed by atoms with E-state index in [4.69, 9.17) is 0 Å². The molecular formula is C10H11BrS. The lowest BCUT2D eigenvalue weighted by Gasteiger charge is -1.92. The molecule has 1 aromatic rings. The van der Waals surface area contributed by atoms with E-state index in [-0.39, 0.29) is 0 Å². The standard InChI is InChI=1S/C10H11BrS/c1-12-8-2-3-9-4-6-10(11)7-5-9/h2-7H,8H2,1H3/b3-2+. The van der Waals surface area contributed by atoms with Gasteiger partial charge in [0.25, 0.3) is 0 Å². The van der Waals surface area contributed by atoms with Crippen LogP contribution in [0.1, 0.15) is 5.56 Å². The van der Waals surface area contributed by atoms with Crippen LogP contribution in [0.5, 0.6) is 0 Å². The third kappa shape index (κ3) is 3.46. The zero-order valence-electron chi connectivity index (χ0n) is 6.96. The van der Waals surface area contributed by atoms with Crippen molar-refractivity contribution in [1.82, 2.24) is 0 Å². The van der Waals surface area contributed by atoms with Crippen LogP contribution in [-0.2, 0) is 0 Å². The topological polar surface area (TPSA) is 0 Å². The van der Waals surface area contributed by atoms with Crippen molar-refractivity contribution < 1.29 is 0 Å². The van der Waals surface area contributed by atoms with E-state index in [1.807, 2.05) is 11.8 Å². The van der Waals surface area contributed by atoms with E-state index >= 15 is 0 Å². The van der Waals surface area contributed by atoms with Crippen LogP contribution in [0.4, 0.5) is 0 Å². The Morgan fingerprint density at radius 1 is 1.33 bits per heavy atom. The summed E-state index contributed by atoms with van der Waals surface area (Å²) in [6, 6.07) is 8.30. The van der Waals surface area contributed by atoms with Crippen LogP contribution < -0.4 is 0 Å². The molecule has 12 heavy (non-hydrogen) atoms. The molecule has 0 bridgehead atoms. The molecule has 0 aliphatic carbocycles. The lowest BCUT2D eigenvalue weighted by molar-refractivity contribution is 1.61. The summed E-state index contributed by atoms with van der Waals surface area (Å²) in [4.78, 5) is 0. The van der Waals surface area contributed by atoms with Gasteiger partial charge in [0.05, 0.1) is 0 Å². The van der Waals surface area contributed by atoms with Crippen LogP contribution in [0, 0.1) is 0 Å². The predicted molar refractivity (Wildman–Crippen MR) is 61.6 cm³/mol. The molecule has 0 radical (unpaired) electrons. The molecule has 0 N–H and O–H groups in total. The number of hydrogen-bond donors (Lipinski definition) is 0. The van der Waals surface area contributed by atoms with Gasteiger partial charge in [-0.3, -0.25) is 0 Å². The second-order valence-electron chi connectivity index (χ2n) is 2.41. The highest BCUT2D eigenvalue weighted by Gasteiger charge is 1.85. The molecule has 0 amide bonds. The highest BCUT2D eigenvalue weighted by Crippen LogP contribution is 2.11. The van der Waals surface area contributed by atoms with Crippen molar-refractivity contribution in [3.63, 3.8) is 0 Å². The summed E-state index contributed by atoms with van der Waals surface area (Å²) in [6.07, 6.45) is 6.42. The average molecular weight is 243 g/mol. The molecule has 0 atom stereocenters. The second kappa shape index (κ2) is 5.44. The molecule has 1 aromatic carbocycles. The Labute approximate surface area is 86.2 Å². The van der Waals surface area contributed by atoms with Crippen LogP contribution >= 0.6 is 27.7 Å². The first-order valence-corrected chi connectivity index (χ1v) is 5.92. The Morgan fingerprint density at radius 2 is 2.00 bits per heavy atom. The first-order valence-electron chi connectivity index (χ1n) is 3.74. The van der Waals surface area contributed by atoms with Gasteiger partial charge in [0, 0.05) is 10.2 Å². The van der Waals surface area contributed by atoms with Gasteiger partial charge in [0.2, 0.25) is 0 Å². The van der Waals surface area contributed by atoms with Crippen molar-refractivity contribution in [2.75, 3.05) is 12.0 Å². The van der Waals surface area contributed by atoms with Crippen LogP contribution in [0.15, 0.2) is 34.8 Å². The predicted octanol–water partition coefficient (Wildman–Crippen LogP) is 3.83. The highest BCUT2D eigenvalue weighted by molar-refractivity contribution is 9.10. The highest BCUT2D eigenvalue weighted by atomic mass is 79.9. The minimum atomic E-state index is 1.08. The molecule has 0 spiro atoms. The molecule has 0 nitrogen and oxygen atoms in total. The van der Waals surface area contributed by atoms with Gasteiger partial charge in [-0.1, -0.05) is 40.2 Å². The smallest absolute Gasteiger partial charge is 0.0175 e. The summed E-state index contributed by atoms with van der Waals surface area (Å²) in [7, 11) is 0. The maximum absolute atomic E-state index is 3.40. The van der Waals surface area contributed by atoms with E-state index in [1.165, 1.54) is 5.56 Å². The summed E-state index contributed by atoms with van der Waals surface area (Å²) >= 11 is 5.23. The normalized spacial score (nSPS) is 10.8. The Morgan fingerprint density at radius 3 is 2.58 bits per heavy atom. The Balaban J connectivity index is 2.58. The summed E-state index contributed by atoms with van der Waals surface area (Å²) in [6.45, 7) is 0. The maximum Gasteiger partial charge on any atom is 0.0175 e. The van der Waals surface area contributed by atoms with Gasteiger partial charge in [0.1, 0.15) is 0 Å². The van der Waals surface area contributed by atoms with Gasteiger partial charge in [-0.15, -0.1) is 0 Å². The van der Waals surface area contributed by atoms with Crippen molar-refractivity contribution in [3.8, 4) is 0 Å². The average Bonchev–Trinajstić information content (AvgIpc) is 2.09. The zero-order valence-corrected chi connectivity index (χ0v) is 9.36. The molecule has 0 aliphatic heterocycles. The number of halogens is 1.